The molecule has 20 heavy (non-hydrogen) atoms. The van der Waals surface area contributed by atoms with Gasteiger partial charge in [-0.3, -0.25) is 4.90 Å². The van der Waals surface area contributed by atoms with Crippen LogP contribution in [0, 0.1) is 17.8 Å². The molecule has 0 amide bonds. The molecule has 0 radical (unpaired) electrons. The number of rotatable bonds is 8. The highest BCUT2D eigenvalue weighted by atomic mass is 32.1. The first-order valence-electron chi connectivity index (χ1n) is 8.89. The van der Waals surface area contributed by atoms with Crippen molar-refractivity contribution in [1.29, 1.82) is 0 Å². The van der Waals surface area contributed by atoms with E-state index in [9.17, 15) is 0 Å². The zero-order valence-electron chi connectivity index (χ0n) is 14.6. The van der Waals surface area contributed by atoms with E-state index in [-0.39, 0.29) is 0 Å². The van der Waals surface area contributed by atoms with Crippen molar-refractivity contribution < 1.29 is 0 Å². The van der Waals surface area contributed by atoms with Crippen molar-refractivity contribution in [2.45, 2.75) is 97.5 Å². The summed E-state index contributed by atoms with van der Waals surface area (Å²) in [4.78, 5) is 2.72. The van der Waals surface area contributed by atoms with Crippen molar-refractivity contribution in [3.05, 3.63) is 0 Å². The van der Waals surface area contributed by atoms with Crippen molar-refractivity contribution >= 4 is 12.6 Å². The highest BCUT2D eigenvalue weighted by Gasteiger charge is 2.46. The summed E-state index contributed by atoms with van der Waals surface area (Å²) in [6, 6.07) is 1.38. The Morgan fingerprint density at radius 1 is 1.00 bits per heavy atom. The van der Waals surface area contributed by atoms with Gasteiger partial charge in [0.2, 0.25) is 0 Å². The van der Waals surface area contributed by atoms with Crippen LogP contribution in [-0.2, 0) is 0 Å². The predicted molar refractivity (Wildman–Crippen MR) is 94.4 cm³/mol. The van der Waals surface area contributed by atoms with Gasteiger partial charge in [-0.25, -0.2) is 0 Å². The van der Waals surface area contributed by atoms with E-state index in [1.54, 1.807) is 0 Å². The molecular weight excluding hydrogens is 262 g/mol. The van der Waals surface area contributed by atoms with Crippen LogP contribution in [0.2, 0.25) is 0 Å². The molecule has 120 valence electrons. The molecule has 0 aromatic heterocycles. The third kappa shape index (κ3) is 4.40. The summed E-state index contributed by atoms with van der Waals surface area (Å²) in [6.07, 6.45) is 8.11. The van der Waals surface area contributed by atoms with Gasteiger partial charge in [0.1, 0.15) is 0 Å². The second-order valence-corrected chi connectivity index (χ2v) is 7.91. The summed E-state index contributed by atoms with van der Waals surface area (Å²) >= 11 is 5.04. The maximum atomic E-state index is 5.04. The van der Waals surface area contributed by atoms with Crippen molar-refractivity contribution in [1.82, 2.24) is 4.90 Å². The number of likely N-dealkylation sites (tertiary alicyclic amines) is 1. The van der Waals surface area contributed by atoms with Crippen molar-refractivity contribution in [3.63, 3.8) is 0 Å². The molecule has 0 N–H and O–H groups in total. The van der Waals surface area contributed by atoms with Crippen LogP contribution in [0.5, 0.6) is 0 Å². The quantitative estimate of drug-likeness (QED) is 0.451. The lowest BCUT2D eigenvalue weighted by Crippen LogP contribution is -2.41. The fourth-order valence-electron chi connectivity index (χ4n) is 4.22. The minimum Gasteiger partial charge on any atom is -0.286 e. The Bertz CT molecular complexity index is 264. The Morgan fingerprint density at radius 2 is 1.65 bits per heavy atom. The number of thiol groups is 1. The molecule has 1 nitrogen and oxygen atoms in total. The first-order chi connectivity index (χ1) is 9.43. The normalized spacial score (nSPS) is 31.6. The average molecular weight is 300 g/mol. The Labute approximate surface area is 133 Å². The maximum absolute atomic E-state index is 5.04. The van der Waals surface area contributed by atoms with Gasteiger partial charge >= 0.3 is 0 Å². The van der Waals surface area contributed by atoms with E-state index in [0.717, 1.165) is 23.8 Å². The van der Waals surface area contributed by atoms with E-state index in [1.807, 2.05) is 0 Å². The van der Waals surface area contributed by atoms with Crippen molar-refractivity contribution in [3.8, 4) is 0 Å². The van der Waals surface area contributed by atoms with Gasteiger partial charge in [-0.2, -0.15) is 12.6 Å². The highest BCUT2D eigenvalue weighted by Crippen LogP contribution is 2.45. The third-order valence-electron chi connectivity index (χ3n) is 5.03. The van der Waals surface area contributed by atoms with E-state index >= 15 is 0 Å². The number of hydrogen-bond acceptors (Lipinski definition) is 2. The second kappa shape index (κ2) is 8.68. The molecule has 0 bridgehead atoms. The van der Waals surface area contributed by atoms with E-state index in [0.29, 0.717) is 11.4 Å². The fraction of sp³-hybridized carbons (Fsp3) is 1.00. The number of nitrogens with zero attached hydrogens (tertiary/aromatic N) is 1. The summed E-state index contributed by atoms with van der Waals surface area (Å²) in [5.41, 5.74) is 0. The van der Waals surface area contributed by atoms with Crippen LogP contribution >= 0.6 is 12.6 Å². The predicted octanol–water partition coefficient (Wildman–Crippen LogP) is 5.60. The molecule has 0 saturated carbocycles. The second-order valence-electron chi connectivity index (χ2n) is 7.38. The highest BCUT2D eigenvalue weighted by molar-refractivity contribution is 7.80. The Kier molecular flexibility index (Phi) is 7.97. The molecule has 0 aromatic carbocycles. The van der Waals surface area contributed by atoms with Crippen LogP contribution in [0.4, 0.5) is 0 Å². The molecule has 2 heteroatoms. The molecule has 1 aliphatic rings. The van der Waals surface area contributed by atoms with Gasteiger partial charge < -0.3 is 0 Å². The van der Waals surface area contributed by atoms with E-state index < -0.39 is 0 Å². The van der Waals surface area contributed by atoms with Crippen LogP contribution in [-0.4, -0.2) is 22.4 Å². The van der Waals surface area contributed by atoms with Crippen LogP contribution < -0.4 is 0 Å². The van der Waals surface area contributed by atoms with Gasteiger partial charge in [0.05, 0.1) is 5.37 Å². The van der Waals surface area contributed by atoms with E-state index in [4.69, 9.17) is 12.6 Å². The van der Waals surface area contributed by atoms with E-state index in [2.05, 4.69) is 46.4 Å². The summed E-state index contributed by atoms with van der Waals surface area (Å²) in [5, 5.41) is 0.467. The molecule has 1 rings (SSSR count). The first kappa shape index (κ1) is 18.4. The largest absolute Gasteiger partial charge is 0.286 e. The minimum atomic E-state index is 0.467. The average Bonchev–Trinajstić information content (AvgIpc) is 2.62. The van der Waals surface area contributed by atoms with E-state index in [1.165, 1.54) is 38.5 Å². The standard InChI is InChI=1S/C18H37NS/c1-7-9-10-11-17-15(8-2)16(12-13(3)4)18(20)19(17)14(5)6/h13-18,20H,7-12H2,1-6H3. The zero-order valence-corrected chi connectivity index (χ0v) is 15.5. The lowest BCUT2D eigenvalue weighted by molar-refractivity contribution is 0.158. The monoisotopic (exact) mass is 299 g/mol. The molecule has 1 heterocycles. The van der Waals surface area contributed by atoms with Crippen LogP contribution in [0.25, 0.3) is 0 Å². The topological polar surface area (TPSA) is 3.24 Å². The Hall–Kier alpha value is 0.310. The summed E-state index contributed by atoms with van der Waals surface area (Å²) in [6.45, 7) is 14.1. The zero-order chi connectivity index (χ0) is 15.3. The van der Waals surface area contributed by atoms with Crippen molar-refractivity contribution in [2.24, 2.45) is 17.8 Å². The summed E-state index contributed by atoms with van der Waals surface area (Å²) < 4.78 is 0. The minimum absolute atomic E-state index is 0.467. The lowest BCUT2D eigenvalue weighted by Gasteiger charge is -2.33. The SMILES string of the molecule is CCCCCC1C(CC)C(CC(C)C)C(S)N1C(C)C. The van der Waals surface area contributed by atoms with Gasteiger partial charge in [0, 0.05) is 12.1 Å². The van der Waals surface area contributed by atoms with Gasteiger partial charge in [-0.1, -0.05) is 53.4 Å². The van der Waals surface area contributed by atoms with Gasteiger partial charge in [0.15, 0.2) is 0 Å². The molecule has 0 aromatic rings. The fourth-order valence-corrected chi connectivity index (χ4v) is 5.00. The van der Waals surface area contributed by atoms with Gasteiger partial charge in [-0.05, 0) is 44.4 Å². The van der Waals surface area contributed by atoms with Gasteiger partial charge in [0.25, 0.3) is 0 Å². The number of unbranched alkanes of at least 4 members (excludes halogenated alkanes) is 2. The van der Waals surface area contributed by atoms with Crippen LogP contribution in [0.3, 0.4) is 0 Å². The molecule has 1 fully saturated rings. The molecule has 0 spiro atoms. The van der Waals surface area contributed by atoms with Crippen LogP contribution in [0.1, 0.15) is 80.1 Å². The van der Waals surface area contributed by atoms with Crippen LogP contribution in [0.15, 0.2) is 0 Å². The first-order valence-corrected chi connectivity index (χ1v) is 9.41. The Balaban J connectivity index is 2.84. The molecule has 4 atom stereocenters. The maximum Gasteiger partial charge on any atom is 0.0564 e. The molecule has 1 aliphatic heterocycles. The van der Waals surface area contributed by atoms with Crippen molar-refractivity contribution in [2.75, 3.05) is 0 Å². The summed E-state index contributed by atoms with van der Waals surface area (Å²) in [7, 11) is 0. The summed E-state index contributed by atoms with van der Waals surface area (Å²) in [5.74, 6) is 2.41. The molecule has 4 unspecified atom stereocenters. The smallest absolute Gasteiger partial charge is 0.0564 e. The lowest BCUT2D eigenvalue weighted by atomic mass is 9.81. The molecule has 1 saturated heterocycles. The van der Waals surface area contributed by atoms with Gasteiger partial charge in [-0.15, -0.1) is 0 Å². The third-order valence-corrected chi connectivity index (χ3v) is 5.68. The number of hydrogen-bond donors (Lipinski definition) is 1. The molecule has 0 aliphatic carbocycles. The molecular formula is C18H37NS. The Morgan fingerprint density at radius 3 is 2.10 bits per heavy atom.